The predicted molar refractivity (Wildman–Crippen MR) is 85.4 cm³/mol. The van der Waals surface area contributed by atoms with Gasteiger partial charge >= 0.3 is 0 Å². The molecule has 22 heavy (non-hydrogen) atoms. The topological polar surface area (TPSA) is 58.6 Å². The highest BCUT2D eigenvalue weighted by Gasteiger charge is 2.13. The van der Waals surface area contributed by atoms with Gasteiger partial charge < -0.3 is 19.4 Å². The van der Waals surface area contributed by atoms with Gasteiger partial charge in [0.05, 0.1) is 17.0 Å². The predicted octanol–water partition coefficient (Wildman–Crippen LogP) is 3.44. The van der Waals surface area contributed by atoms with E-state index in [1.807, 2.05) is 19.1 Å². The minimum absolute atomic E-state index is 0.0224. The zero-order valence-corrected chi connectivity index (χ0v) is 14.1. The van der Waals surface area contributed by atoms with Crippen LogP contribution in [0.5, 0.6) is 11.5 Å². The Kier molecular flexibility index (Phi) is 5.69. The number of carboxylic acids is 1. The van der Waals surface area contributed by atoms with Crippen LogP contribution in [0.3, 0.4) is 0 Å². The molecule has 0 saturated carbocycles. The van der Waals surface area contributed by atoms with E-state index in [1.54, 1.807) is 12.1 Å². The van der Waals surface area contributed by atoms with Gasteiger partial charge in [0.15, 0.2) is 11.5 Å². The Hall–Kier alpha value is -1.72. The Balaban J connectivity index is 2.25. The summed E-state index contributed by atoms with van der Waals surface area (Å²) in [5.41, 5.74) is 0.955. The molecule has 2 aromatic rings. The molecule has 0 atom stereocenters. The van der Waals surface area contributed by atoms with E-state index in [-0.39, 0.29) is 5.56 Å². The maximum atomic E-state index is 11.0. The zero-order chi connectivity index (χ0) is 16.1. The van der Waals surface area contributed by atoms with Crippen LogP contribution in [0.1, 0.15) is 22.8 Å². The third kappa shape index (κ3) is 4.15. The van der Waals surface area contributed by atoms with E-state index in [9.17, 15) is 9.90 Å². The summed E-state index contributed by atoms with van der Waals surface area (Å²) < 4.78 is 11.7. The van der Waals surface area contributed by atoms with Gasteiger partial charge in [-0.3, -0.25) is 0 Å². The fourth-order valence-corrected chi connectivity index (χ4v) is 2.51. The van der Waals surface area contributed by atoms with Gasteiger partial charge in [-0.25, -0.2) is 0 Å². The molecule has 0 heterocycles. The number of ether oxygens (including phenoxy) is 2. The molecule has 4 nitrogen and oxygen atoms in total. The molecule has 2 rings (SSSR count). The minimum Gasteiger partial charge on any atom is -0.545 e. The maximum Gasteiger partial charge on any atom is 0.175 e. The lowest BCUT2D eigenvalue weighted by molar-refractivity contribution is -0.255. The van der Waals surface area contributed by atoms with Crippen molar-refractivity contribution in [1.82, 2.24) is 0 Å². The number of hydrogen-bond donors (Lipinski definition) is 0. The SMILES string of the molecule is CCOc1cc(C(=O)[O-])cc(Br)c1OCc1ccc(Cl)cc1. The standard InChI is InChI=1S/C16H14BrClO4/c1-2-21-14-8-11(16(19)20)7-13(17)15(14)22-9-10-3-5-12(18)6-4-10/h3-8H,2,9H2,1H3,(H,19,20)/p-1. The van der Waals surface area contributed by atoms with Gasteiger partial charge in [0.25, 0.3) is 0 Å². The van der Waals surface area contributed by atoms with Crippen LogP contribution in [-0.4, -0.2) is 12.6 Å². The molecule has 0 unspecified atom stereocenters. The third-order valence-corrected chi connectivity index (χ3v) is 3.68. The monoisotopic (exact) mass is 383 g/mol. The van der Waals surface area contributed by atoms with Crippen molar-refractivity contribution in [2.45, 2.75) is 13.5 Å². The lowest BCUT2D eigenvalue weighted by Gasteiger charge is -2.16. The van der Waals surface area contributed by atoms with Crippen molar-refractivity contribution in [3.63, 3.8) is 0 Å². The maximum absolute atomic E-state index is 11.0. The number of aromatic carboxylic acids is 1. The minimum atomic E-state index is -1.27. The first-order valence-corrected chi connectivity index (χ1v) is 7.73. The fourth-order valence-electron chi connectivity index (χ4n) is 1.82. The molecule has 6 heteroatoms. The summed E-state index contributed by atoms with van der Waals surface area (Å²) in [6.45, 7) is 2.50. The first-order valence-electron chi connectivity index (χ1n) is 6.56. The molecule has 0 amide bonds. The Morgan fingerprint density at radius 3 is 2.50 bits per heavy atom. The highest BCUT2D eigenvalue weighted by Crippen LogP contribution is 2.37. The van der Waals surface area contributed by atoms with E-state index >= 15 is 0 Å². The van der Waals surface area contributed by atoms with Gasteiger partial charge in [0.2, 0.25) is 0 Å². The van der Waals surface area contributed by atoms with Crippen LogP contribution in [0.2, 0.25) is 5.02 Å². The smallest absolute Gasteiger partial charge is 0.175 e. The molecule has 0 N–H and O–H groups in total. The normalized spacial score (nSPS) is 10.3. The van der Waals surface area contributed by atoms with Crippen molar-refractivity contribution in [2.75, 3.05) is 6.61 Å². The number of hydrogen-bond acceptors (Lipinski definition) is 4. The molecule has 0 saturated heterocycles. The van der Waals surface area contributed by atoms with Crippen molar-refractivity contribution in [2.24, 2.45) is 0 Å². The number of benzene rings is 2. The number of halogens is 2. The van der Waals surface area contributed by atoms with E-state index in [0.29, 0.717) is 34.2 Å². The molecule has 2 aromatic carbocycles. The first-order chi connectivity index (χ1) is 10.5. The highest BCUT2D eigenvalue weighted by atomic mass is 79.9. The summed E-state index contributed by atoms with van der Waals surface area (Å²) in [6.07, 6.45) is 0. The van der Waals surface area contributed by atoms with Crippen molar-refractivity contribution in [3.05, 3.63) is 57.0 Å². The number of rotatable bonds is 6. The summed E-state index contributed by atoms with van der Waals surface area (Å²) in [7, 11) is 0. The van der Waals surface area contributed by atoms with Crippen LogP contribution in [-0.2, 0) is 6.61 Å². The van der Waals surface area contributed by atoms with Crippen LogP contribution >= 0.6 is 27.5 Å². The molecular formula is C16H13BrClO4-. The average molecular weight is 385 g/mol. The summed E-state index contributed by atoms with van der Waals surface area (Å²) in [5.74, 6) is -0.474. The molecule has 0 bridgehead atoms. The molecule has 0 aliphatic carbocycles. The van der Waals surface area contributed by atoms with Crippen molar-refractivity contribution < 1.29 is 19.4 Å². The summed E-state index contributed by atoms with van der Waals surface area (Å²) in [5, 5.41) is 11.6. The van der Waals surface area contributed by atoms with Crippen LogP contribution < -0.4 is 14.6 Å². The highest BCUT2D eigenvalue weighted by molar-refractivity contribution is 9.10. The van der Waals surface area contributed by atoms with Gasteiger partial charge in [-0.1, -0.05) is 23.7 Å². The van der Waals surface area contributed by atoms with Gasteiger partial charge in [-0.05, 0) is 52.7 Å². The van der Waals surface area contributed by atoms with E-state index in [0.717, 1.165) is 5.56 Å². The van der Waals surface area contributed by atoms with Crippen LogP contribution in [0.15, 0.2) is 40.9 Å². The molecule has 0 fully saturated rings. The third-order valence-electron chi connectivity index (χ3n) is 2.84. The van der Waals surface area contributed by atoms with Gasteiger partial charge in [-0.15, -0.1) is 0 Å². The lowest BCUT2D eigenvalue weighted by Crippen LogP contribution is -2.22. The van der Waals surface area contributed by atoms with Crippen LogP contribution in [0.4, 0.5) is 0 Å². The number of carboxylic acid groups (broad SMARTS) is 1. The van der Waals surface area contributed by atoms with Crippen LogP contribution in [0.25, 0.3) is 0 Å². The van der Waals surface area contributed by atoms with Gasteiger partial charge in [0.1, 0.15) is 6.61 Å². The lowest BCUT2D eigenvalue weighted by atomic mass is 10.2. The second-order valence-corrected chi connectivity index (χ2v) is 5.71. The molecule has 0 aliphatic heterocycles. The summed E-state index contributed by atoms with van der Waals surface area (Å²) >= 11 is 9.14. The van der Waals surface area contributed by atoms with E-state index in [1.165, 1.54) is 12.1 Å². The largest absolute Gasteiger partial charge is 0.545 e. The summed E-state index contributed by atoms with van der Waals surface area (Å²) in [4.78, 5) is 11.0. The van der Waals surface area contributed by atoms with E-state index in [4.69, 9.17) is 21.1 Å². The summed E-state index contributed by atoms with van der Waals surface area (Å²) in [6, 6.07) is 10.1. The number of carbonyl (C=O) groups is 1. The second kappa shape index (κ2) is 7.51. The van der Waals surface area contributed by atoms with Crippen LogP contribution in [0, 0.1) is 0 Å². The molecule has 0 spiro atoms. The first kappa shape index (κ1) is 16.6. The molecule has 0 aliphatic rings. The van der Waals surface area contributed by atoms with Gasteiger partial charge in [0, 0.05) is 10.6 Å². The Bertz CT molecular complexity index is 671. The number of carbonyl (C=O) groups excluding carboxylic acids is 1. The Morgan fingerprint density at radius 1 is 1.23 bits per heavy atom. The van der Waals surface area contributed by atoms with Crippen molar-refractivity contribution in [3.8, 4) is 11.5 Å². The fraction of sp³-hybridized carbons (Fsp3) is 0.188. The van der Waals surface area contributed by atoms with Crippen molar-refractivity contribution in [1.29, 1.82) is 0 Å². The van der Waals surface area contributed by atoms with Gasteiger partial charge in [-0.2, -0.15) is 0 Å². The van der Waals surface area contributed by atoms with E-state index in [2.05, 4.69) is 15.9 Å². The van der Waals surface area contributed by atoms with Crippen molar-refractivity contribution >= 4 is 33.5 Å². The average Bonchev–Trinajstić information content (AvgIpc) is 2.48. The zero-order valence-electron chi connectivity index (χ0n) is 11.8. The van der Waals surface area contributed by atoms with E-state index < -0.39 is 5.97 Å². The quantitative estimate of drug-likeness (QED) is 0.765. The molecule has 0 radical (unpaired) electrons. The molecular weight excluding hydrogens is 372 g/mol. The molecule has 116 valence electrons. The molecule has 0 aromatic heterocycles. The Morgan fingerprint density at radius 2 is 1.91 bits per heavy atom. The second-order valence-electron chi connectivity index (χ2n) is 4.42. The Labute approximate surface area is 141 Å².